The standard InChI is InChI=1S/C15H17F2NO3S/c1-20-14-6-10(2-3-13(14)21-15(16)17)7-18-8-12(19)11-4-5-22-9-11/h2-6,9,12,15,18-19H,7-8H2,1H3. The van der Waals surface area contributed by atoms with Crippen molar-refractivity contribution in [2.75, 3.05) is 13.7 Å². The number of benzene rings is 1. The molecule has 1 aromatic heterocycles. The summed E-state index contributed by atoms with van der Waals surface area (Å²) >= 11 is 1.53. The van der Waals surface area contributed by atoms with Gasteiger partial charge >= 0.3 is 6.61 Å². The molecule has 2 aromatic rings. The third-order valence-electron chi connectivity index (χ3n) is 3.04. The molecule has 4 nitrogen and oxygen atoms in total. The van der Waals surface area contributed by atoms with Crippen LogP contribution in [0, 0.1) is 0 Å². The highest BCUT2D eigenvalue weighted by Crippen LogP contribution is 2.29. The summed E-state index contributed by atoms with van der Waals surface area (Å²) in [5.74, 6) is 0.248. The highest BCUT2D eigenvalue weighted by atomic mass is 32.1. The van der Waals surface area contributed by atoms with Crippen molar-refractivity contribution in [2.24, 2.45) is 0 Å². The van der Waals surface area contributed by atoms with Gasteiger partial charge in [0.05, 0.1) is 13.2 Å². The fourth-order valence-corrected chi connectivity index (χ4v) is 2.66. The molecule has 0 aliphatic rings. The number of ether oxygens (including phenoxy) is 2. The van der Waals surface area contributed by atoms with E-state index in [-0.39, 0.29) is 11.5 Å². The maximum absolute atomic E-state index is 12.2. The van der Waals surface area contributed by atoms with Crippen LogP contribution in [0.5, 0.6) is 11.5 Å². The van der Waals surface area contributed by atoms with E-state index in [1.165, 1.54) is 24.5 Å². The molecule has 22 heavy (non-hydrogen) atoms. The third kappa shape index (κ3) is 4.66. The van der Waals surface area contributed by atoms with E-state index in [0.717, 1.165) is 11.1 Å². The number of methoxy groups -OCH3 is 1. The van der Waals surface area contributed by atoms with Crippen LogP contribution >= 0.6 is 11.3 Å². The third-order valence-corrected chi connectivity index (χ3v) is 3.74. The summed E-state index contributed by atoms with van der Waals surface area (Å²) < 4.78 is 33.9. The van der Waals surface area contributed by atoms with Gasteiger partial charge in [-0.1, -0.05) is 6.07 Å². The topological polar surface area (TPSA) is 50.7 Å². The normalized spacial score (nSPS) is 12.4. The van der Waals surface area contributed by atoms with Crippen molar-refractivity contribution in [3.8, 4) is 11.5 Å². The van der Waals surface area contributed by atoms with Gasteiger partial charge in [0.25, 0.3) is 0 Å². The summed E-state index contributed by atoms with van der Waals surface area (Å²) in [6, 6.07) is 6.61. The van der Waals surface area contributed by atoms with Gasteiger partial charge in [-0.2, -0.15) is 20.1 Å². The molecule has 0 fully saturated rings. The van der Waals surface area contributed by atoms with Gasteiger partial charge in [-0.25, -0.2) is 0 Å². The average Bonchev–Trinajstić information content (AvgIpc) is 3.02. The molecule has 1 unspecified atom stereocenters. The maximum atomic E-state index is 12.2. The lowest BCUT2D eigenvalue weighted by atomic mass is 10.1. The molecule has 1 aromatic carbocycles. The smallest absolute Gasteiger partial charge is 0.387 e. The van der Waals surface area contributed by atoms with Crippen LogP contribution in [0.4, 0.5) is 8.78 Å². The average molecular weight is 329 g/mol. The van der Waals surface area contributed by atoms with Crippen LogP contribution in [-0.4, -0.2) is 25.4 Å². The minimum Gasteiger partial charge on any atom is -0.493 e. The number of alkyl halides is 2. The van der Waals surface area contributed by atoms with Crippen LogP contribution in [0.15, 0.2) is 35.0 Å². The molecule has 2 rings (SSSR count). The first-order valence-corrected chi connectivity index (χ1v) is 7.57. The van der Waals surface area contributed by atoms with Gasteiger partial charge in [-0.3, -0.25) is 0 Å². The Kier molecular flexibility index (Phi) is 6.11. The number of hydrogen-bond acceptors (Lipinski definition) is 5. The molecule has 1 atom stereocenters. The van der Waals surface area contributed by atoms with Gasteiger partial charge in [0, 0.05) is 13.1 Å². The number of aliphatic hydroxyl groups excluding tert-OH is 1. The first-order chi connectivity index (χ1) is 10.6. The van der Waals surface area contributed by atoms with Crippen molar-refractivity contribution >= 4 is 11.3 Å². The fourth-order valence-electron chi connectivity index (χ4n) is 1.95. The molecule has 0 amide bonds. The second-order valence-corrected chi connectivity index (χ2v) is 5.35. The lowest BCUT2D eigenvalue weighted by molar-refractivity contribution is -0.0512. The molecule has 0 radical (unpaired) electrons. The molecule has 0 saturated heterocycles. The Hall–Kier alpha value is -1.70. The molecule has 0 saturated carbocycles. The van der Waals surface area contributed by atoms with Gasteiger partial charge in [0.1, 0.15) is 0 Å². The highest BCUT2D eigenvalue weighted by Gasteiger charge is 2.11. The summed E-state index contributed by atoms with van der Waals surface area (Å²) in [4.78, 5) is 0. The predicted octanol–water partition coefficient (Wildman–Crippen LogP) is 3.18. The van der Waals surface area contributed by atoms with E-state index >= 15 is 0 Å². The van der Waals surface area contributed by atoms with Crippen LogP contribution in [0.1, 0.15) is 17.2 Å². The van der Waals surface area contributed by atoms with E-state index in [2.05, 4.69) is 10.1 Å². The van der Waals surface area contributed by atoms with Gasteiger partial charge < -0.3 is 19.9 Å². The van der Waals surface area contributed by atoms with Crippen LogP contribution in [0.3, 0.4) is 0 Å². The minimum atomic E-state index is -2.89. The van der Waals surface area contributed by atoms with E-state index < -0.39 is 12.7 Å². The van der Waals surface area contributed by atoms with E-state index in [1.807, 2.05) is 16.8 Å². The van der Waals surface area contributed by atoms with E-state index in [1.54, 1.807) is 12.1 Å². The van der Waals surface area contributed by atoms with Crippen molar-refractivity contribution in [3.05, 3.63) is 46.2 Å². The van der Waals surface area contributed by atoms with Crippen molar-refractivity contribution in [1.82, 2.24) is 5.32 Å². The number of nitrogens with one attached hydrogen (secondary N) is 1. The molecular weight excluding hydrogens is 312 g/mol. The summed E-state index contributed by atoms with van der Waals surface area (Å²) in [6.45, 7) is -2.01. The van der Waals surface area contributed by atoms with Crippen LogP contribution < -0.4 is 14.8 Å². The molecule has 0 bridgehead atoms. The van der Waals surface area contributed by atoms with E-state index in [0.29, 0.717) is 13.1 Å². The van der Waals surface area contributed by atoms with Crippen LogP contribution in [0.25, 0.3) is 0 Å². The van der Waals surface area contributed by atoms with E-state index in [9.17, 15) is 13.9 Å². The predicted molar refractivity (Wildman–Crippen MR) is 80.6 cm³/mol. The van der Waals surface area contributed by atoms with Gasteiger partial charge in [-0.05, 0) is 40.1 Å². The summed E-state index contributed by atoms with van der Waals surface area (Å²) in [6.07, 6.45) is -0.574. The Labute approximate surface area is 131 Å². The first kappa shape index (κ1) is 16.7. The SMILES string of the molecule is COc1cc(CNCC(O)c2ccsc2)ccc1OC(F)F. The number of aliphatic hydroxyl groups is 1. The summed E-state index contributed by atoms with van der Waals surface area (Å²) in [5.41, 5.74) is 1.71. The zero-order valence-electron chi connectivity index (χ0n) is 12.0. The van der Waals surface area contributed by atoms with Crippen molar-refractivity contribution < 1.29 is 23.4 Å². The second kappa shape index (κ2) is 8.07. The first-order valence-electron chi connectivity index (χ1n) is 6.62. The Morgan fingerprint density at radius 2 is 2.09 bits per heavy atom. The van der Waals surface area contributed by atoms with Crippen molar-refractivity contribution in [2.45, 2.75) is 19.3 Å². The molecule has 0 aliphatic heterocycles. The van der Waals surface area contributed by atoms with Crippen molar-refractivity contribution in [1.29, 1.82) is 0 Å². The fraction of sp³-hybridized carbons (Fsp3) is 0.333. The number of hydrogen-bond donors (Lipinski definition) is 2. The second-order valence-electron chi connectivity index (χ2n) is 4.57. The molecule has 0 aliphatic carbocycles. The summed E-state index contributed by atoms with van der Waals surface area (Å²) in [5, 5.41) is 16.9. The Morgan fingerprint density at radius 1 is 1.27 bits per heavy atom. The molecule has 120 valence electrons. The van der Waals surface area contributed by atoms with Gasteiger partial charge in [0.15, 0.2) is 11.5 Å². The lowest BCUT2D eigenvalue weighted by Crippen LogP contribution is -2.20. The number of rotatable bonds is 8. The molecule has 7 heteroatoms. The minimum absolute atomic E-state index is 0.000409. The zero-order chi connectivity index (χ0) is 15.9. The van der Waals surface area contributed by atoms with Crippen LogP contribution in [-0.2, 0) is 6.54 Å². The van der Waals surface area contributed by atoms with Crippen LogP contribution in [0.2, 0.25) is 0 Å². The molecular formula is C15H17F2NO3S. The monoisotopic (exact) mass is 329 g/mol. The number of thiophene rings is 1. The zero-order valence-corrected chi connectivity index (χ0v) is 12.8. The largest absolute Gasteiger partial charge is 0.493 e. The maximum Gasteiger partial charge on any atom is 0.387 e. The summed E-state index contributed by atoms with van der Waals surface area (Å²) in [7, 11) is 1.39. The lowest BCUT2D eigenvalue weighted by Gasteiger charge is -2.13. The molecule has 2 N–H and O–H groups in total. The Balaban J connectivity index is 1.90. The Morgan fingerprint density at radius 3 is 2.73 bits per heavy atom. The number of halogens is 2. The van der Waals surface area contributed by atoms with E-state index in [4.69, 9.17) is 4.74 Å². The molecule has 0 spiro atoms. The highest BCUT2D eigenvalue weighted by molar-refractivity contribution is 7.07. The van der Waals surface area contributed by atoms with Crippen molar-refractivity contribution in [3.63, 3.8) is 0 Å². The Bertz CT molecular complexity index is 578. The quantitative estimate of drug-likeness (QED) is 0.781. The van der Waals surface area contributed by atoms with Gasteiger partial charge in [-0.15, -0.1) is 0 Å². The molecule has 1 heterocycles. The van der Waals surface area contributed by atoms with Gasteiger partial charge in [0.2, 0.25) is 0 Å².